The molecule has 0 spiro atoms. The number of carbonyl (C=O) groups excluding carboxylic acids is 1. The van der Waals surface area contributed by atoms with Gasteiger partial charge in [-0.25, -0.2) is 9.59 Å². The molecular formula is C16H20F3NO5. The molecule has 9 heteroatoms. The van der Waals surface area contributed by atoms with Crippen LogP contribution in [0.15, 0.2) is 24.3 Å². The minimum atomic E-state index is -4.85. The first-order valence-corrected chi connectivity index (χ1v) is 7.32. The zero-order valence-electron chi connectivity index (χ0n) is 14.3. The van der Waals surface area contributed by atoms with Crippen LogP contribution in [0.25, 0.3) is 0 Å². The van der Waals surface area contributed by atoms with Crippen LogP contribution < -0.4 is 4.74 Å². The fourth-order valence-electron chi connectivity index (χ4n) is 1.94. The van der Waals surface area contributed by atoms with E-state index in [1.807, 2.05) is 0 Å². The topological polar surface area (TPSA) is 76.1 Å². The third kappa shape index (κ3) is 7.32. The summed E-state index contributed by atoms with van der Waals surface area (Å²) >= 11 is 0. The van der Waals surface area contributed by atoms with Gasteiger partial charge in [-0.3, -0.25) is 4.90 Å². The summed E-state index contributed by atoms with van der Waals surface area (Å²) in [5, 5.41) is 9.35. The average molecular weight is 363 g/mol. The first-order valence-electron chi connectivity index (χ1n) is 7.32. The van der Waals surface area contributed by atoms with E-state index in [4.69, 9.17) is 4.74 Å². The second-order valence-electron chi connectivity index (χ2n) is 6.34. The van der Waals surface area contributed by atoms with Crippen LogP contribution >= 0.6 is 0 Å². The van der Waals surface area contributed by atoms with E-state index in [-0.39, 0.29) is 12.0 Å². The summed E-state index contributed by atoms with van der Waals surface area (Å²) in [6.07, 6.45) is -5.90. The quantitative estimate of drug-likeness (QED) is 0.867. The molecule has 0 bridgehead atoms. The number of nitrogens with zero attached hydrogens (tertiary/aromatic N) is 1. The van der Waals surface area contributed by atoms with Crippen molar-refractivity contribution in [1.82, 2.24) is 4.90 Å². The molecule has 1 atom stereocenters. The van der Waals surface area contributed by atoms with E-state index in [1.165, 1.54) is 19.2 Å². The van der Waals surface area contributed by atoms with Gasteiger partial charge in [-0.2, -0.15) is 0 Å². The fraction of sp³-hybridized carbons (Fsp3) is 0.500. The lowest BCUT2D eigenvalue weighted by atomic mass is 10.0. The number of hydrogen-bond acceptors (Lipinski definition) is 4. The van der Waals surface area contributed by atoms with Crippen molar-refractivity contribution in [2.45, 2.75) is 45.2 Å². The number of carboxylic acids is 1. The fourth-order valence-corrected chi connectivity index (χ4v) is 1.94. The first-order chi connectivity index (χ1) is 11.3. The predicted octanol–water partition coefficient (Wildman–Crippen LogP) is 3.45. The number of aliphatic carboxylic acids is 1. The van der Waals surface area contributed by atoms with Gasteiger partial charge in [0.25, 0.3) is 0 Å². The lowest BCUT2D eigenvalue weighted by Gasteiger charge is -2.28. The van der Waals surface area contributed by atoms with Crippen LogP contribution in [0.2, 0.25) is 0 Å². The molecule has 6 nitrogen and oxygen atoms in total. The highest BCUT2D eigenvalue weighted by Crippen LogP contribution is 2.24. The van der Waals surface area contributed by atoms with Crippen molar-refractivity contribution in [3.05, 3.63) is 29.8 Å². The molecule has 1 unspecified atom stereocenters. The monoisotopic (exact) mass is 363 g/mol. The Kier molecular flexibility index (Phi) is 6.28. The number of alkyl halides is 3. The van der Waals surface area contributed by atoms with Crippen LogP contribution in [0.1, 0.15) is 26.3 Å². The summed E-state index contributed by atoms with van der Waals surface area (Å²) < 4.78 is 45.7. The number of ether oxygens (including phenoxy) is 2. The molecule has 0 fully saturated rings. The maximum Gasteiger partial charge on any atom is 0.573 e. The molecule has 1 aromatic rings. The van der Waals surface area contributed by atoms with Crippen LogP contribution in [0.3, 0.4) is 0 Å². The summed E-state index contributed by atoms with van der Waals surface area (Å²) in [6.45, 7) is 4.89. The molecule has 0 aliphatic rings. The predicted molar refractivity (Wildman–Crippen MR) is 82.2 cm³/mol. The molecule has 140 valence electrons. The molecule has 0 aromatic heterocycles. The molecule has 0 saturated carbocycles. The minimum Gasteiger partial charge on any atom is -0.480 e. The van der Waals surface area contributed by atoms with Crippen LogP contribution in [-0.4, -0.2) is 47.1 Å². The van der Waals surface area contributed by atoms with Gasteiger partial charge >= 0.3 is 18.4 Å². The zero-order valence-corrected chi connectivity index (χ0v) is 14.3. The van der Waals surface area contributed by atoms with E-state index in [0.29, 0.717) is 0 Å². The van der Waals surface area contributed by atoms with Gasteiger partial charge in [0.1, 0.15) is 17.4 Å². The number of hydrogen-bond donors (Lipinski definition) is 1. The van der Waals surface area contributed by atoms with Crippen molar-refractivity contribution in [2.24, 2.45) is 0 Å². The standard InChI is InChI=1S/C16H20F3NO5/c1-15(2,3)25-14(23)20(4)12(13(21)22)9-10-6-5-7-11(8-10)24-16(17,18)19/h5-8,12H,9H2,1-4H3,(H,21,22). The maximum absolute atomic E-state index is 12.3. The Balaban J connectivity index is 2.93. The summed E-state index contributed by atoms with van der Waals surface area (Å²) in [7, 11) is 1.25. The van der Waals surface area contributed by atoms with Gasteiger partial charge in [0.15, 0.2) is 0 Å². The van der Waals surface area contributed by atoms with E-state index in [0.717, 1.165) is 17.0 Å². The number of carboxylic acid groups (broad SMARTS) is 1. The van der Waals surface area contributed by atoms with Crippen molar-refractivity contribution >= 4 is 12.1 Å². The second kappa shape index (κ2) is 7.62. The lowest BCUT2D eigenvalue weighted by Crippen LogP contribution is -2.46. The molecule has 0 aliphatic carbocycles. The third-order valence-corrected chi connectivity index (χ3v) is 3.00. The second-order valence-corrected chi connectivity index (χ2v) is 6.34. The van der Waals surface area contributed by atoms with Crippen molar-refractivity contribution in [3.63, 3.8) is 0 Å². The molecular weight excluding hydrogens is 343 g/mol. The van der Waals surface area contributed by atoms with E-state index in [9.17, 15) is 27.9 Å². The number of benzene rings is 1. The number of carbonyl (C=O) groups is 2. The van der Waals surface area contributed by atoms with Gasteiger partial charge in [-0.1, -0.05) is 12.1 Å². The normalized spacial score (nSPS) is 13.1. The molecule has 1 amide bonds. The highest BCUT2D eigenvalue weighted by atomic mass is 19.4. The zero-order chi connectivity index (χ0) is 19.4. The van der Waals surface area contributed by atoms with Crippen LogP contribution in [0.4, 0.5) is 18.0 Å². The van der Waals surface area contributed by atoms with Crippen molar-refractivity contribution < 1.29 is 37.3 Å². The number of likely N-dealkylation sites (N-methyl/N-ethyl adjacent to an activating group) is 1. The molecule has 1 aromatic carbocycles. The van der Waals surface area contributed by atoms with Crippen LogP contribution in [-0.2, 0) is 16.0 Å². The molecule has 0 radical (unpaired) electrons. The highest BCUT2D eigenvalue weighted by molar-refractivity contribution is 5.80. The number of halogens is 3. The van der Waals surface area contributed by atoms with Crippen molar-refractivity contribution in [1.29, 1.82) is 0 Å². The van der Waals surface area contributed by atoms with Gasteiger partial charge < -0.3 is 14.6 Å². The Bertz CT molecular complexity index is 625. The maximum atomic E-state index is 12.3. The minimum absolute atomic E-state index is 0.208. The summed E-state index contributed by atoms with van der Waals surface area (Å²) in [5.41, 5.74) is -0.543. The van der Waals surface area contributed by atoms with Gasteiger partial charge in [-0.05, 0) is 38.5 Å². The SMILES string of the molecule is CN(C(=O)OC(C)(C)C)C(Cc1cccc(OC(F)(F)F)c1)C(=O)O. The molecule has 0 saturated heterocycles. The third-order valence-electron chi connectivity index (χ3n) is 3.00. The molecule has 0 heterocycles. The molecule has 0 aliphatic heterocycles. The lowest BCUT2D eigenvalue weighted by molar-refractivity contribution is -0.274. The Morgan fingerprint density at radius 1 is 1.24 bits per heavy atom. The molecule has 1 rings (SSSR count). The van der Waals surface area contributed by atoms with Gasteiger partial charge in [0, 0.05) is 13.5 Å². The molecule has 25 heavy (non-hydrogen) atoms. The summed E-state index contributed by atoms with van der Waals surface area (Å²) in [6, 6.07) is 3.62. The Morgan fingerprint density at radius 2 is 1.84 bits per heavy atom. The van der Waals surface area contributed by atoms with Gasteiger partial charge in [0.2, 0.25) is 0 Å². The van der Waals surface area contributed by atoms with Crippen molar-refractivity contribution in [3.8, 4) is 5.75 Å². The van der Waals surface area contributed by atoms with Gasteiger partial charge in [-0.15, -0.1) is 13.2 Å². The molecule has 1 N–H and O–H groups in total. The summed E-state index contributed by atoms with van der Waals surface area (Å²) in [5.74, 6) is -1.77. The highest BCUT2D eigenvalue weighted by Gasteiger charge is 2.32. The van der Waals surface area contributed by atoms with Crippen LogP contribution in [0, 0.1) is 0 Å². The smallest absolute Gasteiger partial charge is 0.480 e. The number of rotatable bonds is 5. The number of amides is 1. The van der Waals surface area contributed by atoms with E-state index < -0.39 is 35.8 Å². The first kappa shape index (κ1) is 20.6. The van der Waals surface area contributed by atoms with Crippen molar-refractivity contribution in [2.75, 3.05) is 7.05 Å². The van der Waals surface area contributed by atoms with E-state index >= 15 is 0 Å². The van der Waals surface area contributed by atoms with Crippen LogP contribution in [0.5, 0.6) is 5.75 Å². The van der Waals surface area contributed by atoms with Gasteiger partial charge in [0.05, 0.1) is 0 Å². The summed E-state index contributed by atoms with van der Waals surface area (Å²) in [4.78, 5) is 24.4. The van der Waals surface area contributed by atoms with E-state index in [2.05, 4.69) is 4.74 Å². The average Bonchev–Trinajstić information content (AvgIpc) is 2.40. The van der Waals surface area contributed by atoms with E-state index in [1.54, 1.807) is 20.8 Å². The Labute approximate surface area is 143 Å². The largest absolute Gasteiger partial charge is 0.573 e. The Hall–Kier alpha value is -2.45. The Morgan fingerprint density at radius 3 is 2.32 bits per heavy atom.